The maximum Gasteiger partial charge on any atom is 0.0819 e. The Kier molecular flexibility index (Phi) is 6.10. The summed E-state index contributed by atoms with van der Waals surface area (Å²) < 4.78 is 0. The van der Waals surface area contributed by atoms with Gasteiger partial charge in [-0.3, -0.25) is 0 Å². The molecule has 3 rings (SSSR count). The minimum absolute atomic E-state index is 0.621. The highest BCUT2D eigenvalue weighted by Gasteiger charge is 2.49. The van der Waals surface area contributed by atoms with Gasteiger partial charge in [0.15, 0.2) is 0 Å². The van der Waals surface area contributed by atoms with Crippen molar-refractivity contribution in [1.82, 2.24) is 0 Å². The van der Waals surface area contributed by atoms with Crippen LogP contribution in [0.3, 0.4) is 0 Å². The number of hydrogen-bond donors (Lipinski definition) is 2. The van der Waals surface area contributed by atoms with E-state index in [-0.39, 0.29) is 0 Å². The first-order chi connectivity index (χ1) is 13.1. The Morgan fingerprint density at radius 1 is 0.593 bits per heavy atom. The molecule has 0 bridgehead atoms. The lowest BCUT2D eigenvalue weighted by molar-refractivity contribution is 0.279. The van der Waals surface area contributed by atoms with Crippen LogP contribution in [0.2, 0.25) is 0 Å². The Morgan fingerprint density at radius 2 is 0.963 bits per heavy atom. The third-order valence-electron chi connectivity index (χ3n) is 5.51. The molecule has 0 amide bonds. The van der Waals surface area contributed by atoms with Gasteiger partial charge in [-0.05, 0) is 23.1 Å². The summed E-state index contributed by atoms with van der Waals surface area (Å²) in [7, 11) is 0. The summed E-state index contributed by atoms with van der Waals surface area (Å²) in [5.74, 6) is 0. The lowest BCUT2D eigenvalue weighted by atomic mass is 9.60. The zero-order chi connectivity index (χ0) is 19.2. The van der Waals surface area contributed by atoms with Crippen molar-refractivity contribution in [3.05, 3.63) is 108 Å². The third-order valence-corrected chi connectivity index (χ3v) is 5.51. The molecule has 2 nitrogen and oxygen atoms in total. The zero-order valence-corrected chi connectivity index (χ0v) is 16.1. The molecular formula is C25H30N2. The molecule has 0 radical (unpaired) electrons. The molecule has 0 atom stereocenters. The molecule has 0 fully saturated rings. The van der Waals surface area contributed by atoms with Crippen LogP contribution in [0, 0.1) is 0 Å². The number of benzene rings is 3. The van der Waals surface area contributed by atoms with Gasteiger partial charge in [-0.2, -0.15) is 0 Å². The molecular weight excluding hydrogens is 328 g/mol. The second kappa shape index (κ2) is 8.51. The lowest BCUT2D eigenvalue weighted by Gasteiger charge is -2.48. The summed E-state index contributed by atoms with van der Waals surface area (Å²) in [5.41, 5.74) is 15.9. The van der Waals surface area contributed by atoms with Gasteiger partial charge < -0.3 is 11.5 Å². The van der Waals surface area contributed by atoms with Crippen LogP contribution in [0.1, 0.15) is 49.3 Å². The topological polar surface area (TPSA) is 52.0 Å². The van der Waals surface area contributed by atoms with Crippen molar-refractivity contribution in [3.63, 3.8) is 0 Å². The third kappa shape index (κ3) is 3.69. The van der Waals surface area contributed by atoms with Gasteiger partial charge in [0.25, 0.3) is 0 Å². The fourth-order valence-electron chi connectivity index (χ4n) is 4.23. The van der Waals surface area contributed by atoms with E-state index >= 15 is 0 Å². The number of nitrogens with two attached hydrogens (primary N) is 2. The molecule has 0 aliphatic rings. The first-order valence-corrected chi connectivity index (χ1v) is 9.87. The monoisotopic (exact) mass is 358 g/mol. The van der Waals surface area contributed by atoms with Crippen LogP contribution in [0.4, 0.5) is 0 Å². The van der Waals surface area contributed by atoms with Crippen molar-refractivity contribution in [2.24, 2.45) is 11.5 Å². The molecule has 0 saturated heterocycles. The van der Waals surface area contributed by atoms with Gasteiger partial charge in [0.1, 0.15) is 0 Å². The average molecular weight is 359 g/mol. The maximum absolute atomic E-state index is 7.01. The van der Waals surface area contributed by atoms with Crippen LogP contribution < -0.4 is 11.5 Å². The highest BCUT2D eigenvalue weighted by Crippen LogP contribution is 2.46. The van der Waals surface area contributed by atoms with Crippen LogP contribution in [-0.2, 0) is 5.41 Å². The molecule has 3 aromatic rings. The van der Waals surface area contributed by atoms with Crippen LogP contribution >= 0.6 is 0 Å². The summed E-state index contributed by atoms with van der Waals surface area (Å²) >= 11 is 0. The Morgan fingerprint density at radius 3 is 1.30 bits per heavy atom. The molecule has 0 saturated carbocycles. The van der Waals surface area contributed by atoms with Crippen LogP contribution in [-0.4, -0.2) is 5.66 Å². The fraction of sp³-hybridized carbons (Fsp3) is 0.280. The van der Waals surface area contributed by atoms with Crippen molar-refractivity contribution in [1.29, 1.82) is 0 Å². The highest BCUT2D eigenvalue weighted by atomic mass is 15.0. The highest BCUT2D eigenvalue weighted by molar-refractivity contribution is 5.54. The molecule has 0 aliphatic heterocycles. The van der Waals surface area contributed by atoms with Gasteiger partial charge in [-0.1, -0.05) is 117 Å². The molecule has 0 heterocycles. The smallest absolute Gasteiger partial charge is 0.0819 e. The van der Waals surface area contributed by atoms with Gasteiger partial charge in [-0.25, -0.2) is 0 Å². The molecule has 3 aromatic carbocycles. The van der Waals surface area contributed by atoms with Gasteiger partial charge in [-0.15, -0.1) is 0 Å². The van der Waals surface area contributed by atoms with E-state index < -0.39 is 11.1 Å². The van der Waals surface area contributed by atoms with E-state index in [1.807, 2.05) is 18.2 Å². The van der Waals surface area contributed by atoms with Crippen LogP contribution in [0.5, 0.6) is 0 Å². The molecule has 2 heteroatoms. The molecule has 0 unspecified atom stereocenters. The van der Waals surface area contributed by atoms with E-state index in [0.29, 0.717) is 0 Å². The van der Waals surface area contributed by atoms with Gasteiger partial charge in [0, 0.05) is 0 Å². The standard InChI is InChI=1S/C25H30N2/c1-2-3-13-20-24(26,27)25(21-14-7-4-8-15-21,22-16-9-5-10-17-22)23-18-11-6-12-19-23/h4-12,14-19H,2-3,13,20,26-27H2,1H3. The predicted octanol–water partition coefficient (Wildman–Crippen LogP) is 5.22. The maximum atomic E-state index is 7.01. The van der Waals surface area contributed by atoms with Gasteiger partial charge in [0.2, 0.25) is 0 Å². The summed E-state index contributed by atoms with van der Waals surface area (Å²) in [5, 5.41) is 0. The second-order valence-corrected chi connectivity index (χ2v) is 7.35. The largest absolute Gasteiger partial charge is 0.312 e. The number of hydrogen-bond acceptors (Lipinski definition) is 2. The van der Waals surface area contributed by atoms with E-state index in [4.69, 9.17) is 11.5 Å². The van der Waals surface area contributed by atoms with E-state index in [9.17, 15) is 0 Å². The first-order valence-electron chi connectivity index (χ1n) is 9.87. The Hall–Kier alpha value is -2.42. The predicted molar refractivity (Wildman–Crippen MR) is 114 cm³/mol. The SMILES string of the molecule is CCCCCC(N)(N)C(c1ccccc1)(c1ccccc1)c1ccccc1. The lowest BCUT2D eigenvalue weighted by Crippen LogP contribution is -2.65. The normalized spacial score (nSPS) is 12.1. The Bertz CT molecular complexity index is 714. The molecule has 0 spiro atoms. The summed E-state index contributed by atoms with van der Waals surface area (Å²) in [4.78, 5) is 0. The van der Waals surface area contributed by atoms with Gasteiger partial charge in [0.05, 0.1) is 11.1 Å². The Labute approximate surface area is 163 Å². The van der Waals surface area contributed by atoms with E-state index in [1.165, 1.54) is 0 Å². The van der Waals surface area contributed by atoms with Crippen LogP contribution in [0.15, 0.2) is 91.0 Å². The molecule has 0 aromatic heterocycles. The number of unbranched alkanes of at least 4 members (excludes halogenated alkanes) is 2. The fourth-order valence-corrected chi connectivity index (χ4v) is 4.23. The first kappa shape index (κ1) is 19.3. The van der Waals surface area contributed by atoms with Crippen molar-refractivity contribution in [2.45, 2.75) is 43.7 Å². The molecule has 0 aliphatic carbocycles. The summed E-state index contributed by atoms with van der Waals surface area (Å²) in [6.45, 7) is 2.20. The zero-order valence-electron chi connectivity index (χ0n) is 16.1. The van der Waals surface area contributed by atoms with Crippen molar-refractivity contribution < 1.29 is 0 Å². The number of rotatable bonds is 8. The van der Waals surface area contributed by atoms with E-state index in [0.717, 1.165) is 42.4 Å². The molecule has 27 heavy (non-hydrogen) atoms. The summed E-state index contributed by atoms with van der Waals surface area (Å²) in [6, 6.07) is 31.4. The molecule has 4 N–H and O–H groups in total. The minimum atomic E-state index is -0.924. The molecule has 140 valence electrons. The summed E-state index contributed by atoms with van der Waals surface area (Å²) in [6.07, 6.45) is 4.03. The quantitative estimate of drug-likeness (QED) is 0.330. The minimum Gasteiger partial charge on any atom is -0.312 e. The second-order valence-electron chi connectivity index (χ2n) is 7.35. The van der Waals surface area contributed by atoms with Crippen molar-refractivity contribution in [3.8, 4) is 0 Å². The van der Waals surface area contributed by atoms with E-state index in [2.05, 4.69) is 79.7 Å². The van der Waals surface area contributed by atoms with Crippen molar-refractivity contribution in [2.75, 3.05) is 0 Å². The average Bonchev–Trinajstić information content (AvgIpc) is 2.71. The van der Waals surface area contributed by atoms with Crippen molar-refractivity contribution >= 4 is 0 Å². The van der Waals surface area contributed by atoms with Crippen LogP contribution in [0.25, 0.3) is 0 Å². The van der Waals surface area contributed by atoms with Gasteiger partial charge >= 0.3 is 0 Å². The Balaban J connectivity index is 2.29. The van der Waals surface area contributed by atoms with E-state index in [1.54, 1.807) is 0 Å².